The summed E-state index contributed by atoms with van der Waals surface area (Å²) in [4.78, 5) is 0. The fourth-order valence-corrected chi connectivity index (χ4v) is 5.80. The molecule has 0 aliphatic rings. The van der Waals surface area contributed by atoms with Crippen molar-refractivity contribution < 1.29 is 18.0 Å². The summed E-state index contributed by atoms with van der Waals surface area (Å²) in [6.45, 7) is 8.05. The van der Waals surface area contributed by atoms with Crippen LogP contribution in [-0.2, 0) is 24.6 Å². The zero-order valence-corrected chi connectivity index (χ0v) is 15.4. The minimum Gasteiger partial charge on any atom is -0.380 e. The Morgan fingerprint density at radius 3 is 2.00 bits per heavy atom. The van der Waals surface area contributed by atoms with Gasteiger partial charge in [-0.2, -0.15) is 0 Å². The van der Waals surface area contributed by atoms with Gasteiger partial charge in [-0.25, -0.2) is 0 Å². The standard InChI is InChI=1S/C18H26O4Si/c1-5-20-23(21-6-2,22-7-3)18-16(14-19-4)13-12-15-10-8-9-11-17(15)18/h8-13H,5-7,14H2,1-4H3. The van der Waals surface area contributed by atoms with Crippen LogP contribution in [0.2, 0.25) is 0 Å². The molecule has 0 amide bonds. The first kappa shape index (κ1) is 18.1. The first-order chi connectivity index (χ1) is 11.2. The molecule has 2 aromatic rings. The monoisotopic (exact) mass is 334 g/mol. The third-order valence-electron chi connectivity index (χ3n) is 3.62. The van der Waals surface area contributed by atoms with Crippen LogP contribution >= 0.6 is 0 Å². The molecule has 0 aromatic heterocycles. The molecule has 0 fully saturated rings. The molecule has 0 saturated carbocycles. The highest BCUT2D eigenvalue weighted by atomic mass is 28.4. The van der Waals surface area contributed by atoms with E-state index >= 15 is 0 Å². The van der Waals surface area contributed by atoms with Crippen LogP contribution in [0.25, 0.3) is 10.8 Å². The highest BCUT2D eigenvalue weighted by Gasteiger charge is 2.46. The van der Waals surface area contributed by atoms with Gasteiger partial charge in [0.15, 0.2) is 0 Å². The van der Waals surface area contributed by atoms with Crippen LogP contribution in [0.3, 0.4) is 0 Å². The Kier molecular flexibility index (Phi) is 6.74. The molecule has 0 N–H and O–H groups in total. The van der Waals surface area contributed by atoms with E-state index in [1.54, 1.807) is 7.11 Å². The minimum atomic E-state index is -3.00. The normalized spacial score (nSPS) is 12.0. The van der Waals surface area contributed by atoms with E-state index in [9.17, 15) is 0 Å². The van der Waals surface area contributed by atoms with Gasteiger partial charge in [0.25, 0.3) is 0 Å². The Labute approximate surface area is 139 Å². The van der Waals surface area contributed by atoms with Gasteiger partial charge in [0.05, 0.1) is 6.61 Å². The van der Waals surface area contributed by atoms with E-state index in [1.165, 1.54) is 0 Å². The lowest BCUT2D eigenvalue weighted by Gasteiger charge is -2.31. The van der Waals surface area contributed by atoms with Crippen molar-refractivity contribution in [3.05, 3.63) is 42.0 Å². The summed E-state index contributed by atoms with van der Waals surface area (Å²) in [6, 6.07) is 12.5. The average molecular weight is 334 g/mol. The van der Waals surface area contributed by atoms with Gasteiger partial charge in [-0.15, -0.1) is 0 Å². The van der Waals surface area contributed by atoms with Crippen LogP contribution in [0.1, 0.15) is 26.3 Å². The van der Waals surface area contributed by atoms with Crippen molar-refractivity contribution >= 4 is 24.8 Å². The SMILES string of the molecule is CCO[Si](OCC)(OCC)c1c(COC)ccc2ccccc12. The first-order valence-electron chi connectivity index (χ1n) is 8.14. The number of ether oxygens (including phenoxy) is 1. The molecular formula is C18H26O4Si. The molecule has 0 saturated heterocycles. The molecule has 5 heteroatoms. The Hall–Kier alpha value is -1.24. The summed E-state index contributed by atoms with van der Waals surface area (Å²) < 4.78 is 23.8. The maximum atomic E-state index is 6.13. The first-order valence-corrected chi connectivity index (χ1v) is 9.86. The summed E-state index contributed by atoms with van der Waals surface area (Å²) in [5.74, 6) is 0. The lowest BCUT2D eigenvalue weighted by atomic mass is 10.1. The predicted octanol–water partition coefficient (Wildman–Crippen LogP) is 3.24. The molecule has 0 atom stereocenters. The Morgan fingerprint density at radius 2 is 1.43 bits per heavy atom. The van der Waals surface area contributed by atoms with Crippen LogP contribution in [0.15, 0.2) is 36.4 Å². The number of hydrogen-bond acceptors (Lipinski definition) is 4. The molecule has 4 nitrogen and oxygen atoms in total. The maximum Gasteiger partial charge on any atom is 0.538 e. The van der Waals surface area contributed by atoms with E-state index in [0.717, 1.165) is 21.5 Å². The number of rotatable bonds is 9. The van der Waals surface area contributed by atoms with Crippen molar-refractivity contribution in [3.8, 4) is 0 Å². The highest BCUT2D eigenvalue weighted by molar-refractivity contribution is 6.78. The molecule has 0 spiro atoms. The smallest absolute Gasteiger partial charge is 0.380 e. The second-order valence-electron chi connectivity index (χ2n) is 5.11. The van der Waals surface area contributed by atoms with Crippen molar-refractivity contribution in [2.24, 2.45) is 0 Å². The third kappa shape index (κ3) is 3.81. The van der Waals surface area contributed by atoms with Gasteiger partial charge in [-0.1, -0.05) is 36.4 Å². The van der Waals surface area contributed by atoms with Crippen LogP contribution < -0.4 is 5.19 Å². The van der Waals surface area contributed by atoms with E-state index < -0.39 is 8.80 Å². The van der Waals surface area contributed by atoms with Gasteiger partial charge < -0.3 is 18.0 Å². The van der Waals surface area contributed by atoms with Crippen molar-refractivity contribution in [2.45, 2.75) is 27.4 Å². The van der Waals surface area contributed by atoms with Crippen molar-refractivity contribution in [1.29, 1.82) is 0 Å². The zero-order chi connectivity index (χ0) is 16.7. The topological polar surface area (TPSA) is 36.9 Å². The van der Waals surface area contributed by atoms with E-state index in [-0.39, 0.29) is 0 Å². The van der Waals surface area contributed by atoms with E-state index in [1.807, 2.05) is 32.9 Å². The van der Waals surface area contributed by atoms with Crippen molar-refractivity contribution in [3.63, 3.8) is 0 Å². The van der Waals surface area contributed by atoms with Gasteiger partial charge in [0.2, 0.25) is 0 Å². The van der Waals surface area contributed by atoms with Crippen molar-refractivity contribution in [1.82, 2.24) is 0 Å². The molecule has 0 heterocycles. The molecule has 0 bridgehead atoms. The van der Waals surface area contributed by atoms with Gasteiger partial charge in [-0.05, 0) is 37.1 Å². The Balaban J connectivity index is 2.74. The molecule has 2 rings (SSSR count). The van der Waals surface area contributed by atoms with E-state index in [0.29, 0.717) is 26.4 Å². The van der Waals surface area contributed by atoms with Crippen molar-refractivity contribution in [2.75, 3.05) is 26.9 Å². The molecule has 0 aliphatic carbocycles. The average Bonchev–Trinajstić information content (AvgIpc) is 2.55. The molecular weight excluding hydrogens is 308 g/mol. The van der Waals surface area contributed by atoms with Gasteiger partial charge in [0, 0.05) is 32.1 Å². The molecule has 0 unspecified atom stereocenters. The molecule has 0 radical (unpaired) electrons. The van der Waals surface area contributed by atoms with Gasteiger partial charge in [0.1, 0.15) is 0 Å². The summed E-state index contributed by atoms with van der Waals surface area (Å²) >= 11 is 0. The number of fused-ring (bicyclic) bond motifs is 1. The summed E-state index contributed by atoms with van der Waals surface area (Å²) in [6.07, 6.45) is 0. The lowest BCUT2D eigenvalue weighted by Crippen LogP contribution is -2.58. The van der Waals surface area contributed by atoms with Crippen LogP contribution in [0, 0.1) is 0 Å². The van der Waals surface area contributed by atoms with Crippen LogP contribution in [0.5, 0.6) is 0 Å². The predicted molar refractivity (Wildman–Crippen MR) is 94.9 cm³/mol. The lowest BCUT2D eigenvalue weighted by molar-refractivity contribution is 0.0854. The van der Waals surface area contributed by atoms with Gasteiger partial charge in [-0.3, -0.25) is 0 Å². The summed E-state index contributed by atoms with van der Waals surface area (Å²) in [5, 5.41) is 3.30. The molecule has 0 aliphatic heterocycles. The van der Waals surface area contributed by atoms with Crippen LogP contribution in [-0.4, -0.2) is 35.7 Å². The zero-order valence-electron chi connectivity index (χ0n) is 14.4. The Bertz CT molecular complexity index is 612. The third-order valence-corrected chi connectivity index (χ3v) is 6.83. The molecule has 126 valence electrons. The number of hydrogen-bond donors (Lipinski definition) is 0. The fourth-order valence-electron chi connectivity index (χ4n) is 2.87. The molecule has 23 heavy (non-hydrogen) atoms. The summed E-state index contributed by atoms with van der Waals surface area (Å²) in [7, 11) is -1.30. The number of methoxy groups -OCH3 is 1. The van der Waals surface area contributed by atoms with E-state index in [2.05, 4.69) is 24.3 Å². The second-order valence-corrected chi connectivity index (χ2v) is 7.59. The minimum absolute atomic E-state index is 0.502. The second kappa shape index (κ2) is 8.56. The Morgan fingerprint density at radius 1 is 0.826 bits per heavy atom. The van der Waals surface area contributed by atoms with E-state index in [4.69, 9.17) is 18.0 Å². The van der Waals surface area contributed by atoms with Crippen LogP contribution in [0.4, 0.5) is 0 Å². The fraction of sp³-hybridized carbons (Fsp3) is 0.444. The maximum absolute atomic E-state index is 6.13. The largest absolute Gasteiger partial charge is 0.538 e. The highest BCUT2D eigenvalue weighted by Crippen LogP contribution is 2.22. The van der Waals surface area contributed by atoms with Gasteiger partial charge >= 0.3 is 8.80 Å². The quantitative estimate of drug-likeness (QED) is 0.660. The number of benzene rings is 2. The molecule has 2 aromatic carbocycles. The summed E-state index contributed by atoms with van der Waals surface area (Å²) in [5.41, 5.74) is 1.06.